The molecule has 1 atom stereocenters. The van der Waals surface area contributed by atoms with E-state index in [1.54, 1.807) is 6.92 Å². The van der Waals surface area contributed by atoms with Gasteiger partial charge in [0.05, 0.1) is 5.92 Å². The molecule has 0 bridgehead atoms. The third-order valence-corrected chi connectivity index (χ3v) is 4.75. The van der Waals surface area contributed by atoms with E-state index in [0.29, 0.717) is 36.1 Å². The fourth-order valence-electron chi connectivity index (χ4n) is 3.34. The van der Waals surface area contributed by atoms with E-state index in [9.17, 15) is 18.4 Å². The van der Waals surface area contributed by atoms with E-state index in [1.807, 2.05) is 0 Å². The largest absolute Gasteiger partial charge is 0.481 e. The van der Waals surface area contributed by atoms with Crippen molar-refractivity contribution in [1.29, 1.82) is 0 Å². The molecule has 1 saturated heterocycles. The van der Waals surface area contributed by atoms with Crippen LogP contribution in [0.4, 0.5) is 8.78 Å². The van der Waals surface area contributed by atoms with E-state index in [2.05, 4.69) is 0 Å². The van der Waals surface area contributed by atoms with Crippen LogP contribution in [-0.4, -0.2) is 35.0 Å². The second-order valence-corrected chi connectivity index (χ2v) is 6.58. The summed E-state index contributed by atoms with van der Waals surface area (Å²) in [6.07, 6.45) is 1.15. The van der Waals surface area contributed by atoms with Crippen molar-refractivity contribution >= 4 is 11.9 Å². The molecule has 3 rings (SSSR count). The van der Waals surface area contributed by atoms with E-state index in [1.165, 1.54) is 35.2 Å². The number of amides is 1. The Kier molecular flexibility index (Phi) is 5.02. The van der Waals surface area contributed by atoms with Gasteiger partial charge in [-0.2, -0.15) is 0 Å². The fraction of sp³-hybridized carbons (Fsp3) is 0.300. The Bertz CT molecular complexity index is 866. The smallest absolute Gasteiger partial charge is 0.308 e. The molecule has 0 aromatic heterocycles. The first-order valence-electron chi connectivity index (χ1n) is 8.45. The van der Waals surface area contributed by atoms with E-state index < -0.39 is 23.5 Å². The van der Waals surface area contributed by atoms with Crippen LogP contribution in [0.15, 0.2) is 36.4 Å². The quantitative estimate of drug-likeness (QED) is 0.905. The van der Waals surface area contributed by atoms with Crippen LogP contribution in [0.1, 0.15) is 28.8 Å². The number of carbonyl (C=O) groups is 2. The number of aryl methyl sites for hydroxylation is 1. The third-order valence-electron chi connectivity index (χ3n) is 4.75. The average Bonchev–Trinajstić information content (AvgIpc) is 2.62. The topological polar surface area (TPSA) is 57.6 Å². The molecule has 2 aromatic carbocycles. The van der Waals surface area contributed by atoms with Crippen molar-refractivity contribution in [2.75, 3.05) is 13.1 Å². The Morgan fingerprint density at radius 2 is 1.85 bits per heavy atom. The number of nitrogens with zero attached hydrogens (tertiary/aromatic N) is 1. The summed E-state index contributed by atoms with van der Waals surface area (Å²) in [6, 6.07) is 8.28. The Morgan fingerprint density at radius 1 is 1.12 bits per heavy atom. The lowest BCUT2D eigenvalue weighted by atomic mass is 9.96. The molecule has 1 unspecified atom stereocenters. The lowest BCUT2D eigenvalue weighted by molar-refractivity contribution is -0.143. The molecule has 1 aliphatic heterocycles. The van der Waals surface area contributed by atoms with E-state index >= 15 is 0 Å². The summed E-state index contributed by atoms with van der Waals surface area (Å²) in [5.41, 5.74) is 1.63. The first kappa shape index (κ1) is 18.0. The molecule has 0 aliphatic carbocycles. The van der Waals surface area contributed by atoms with Gasteiger partial charge in [0.15, 0.2) is 0 Å². The standard InChI is InChI=1S/C20H19F2NO3/c1-12-9-15(21)5-7-16(12)17-6-4-13(10-18(17)22)19(24)23-8-2-3-14(11-23)20(25)26/h4-7,9-10,14H,2-3,8,11H2,1H3,(H,25,26). The van der Waals surface area contributed by atoms with Crippen LogP contribution in [0.3, 0.4) is 0 Å². The third kappa shape index (κ3) is 3.59. The van der Waals surface area contributed by atoms with Crippen molar-refractivity contribution in [3.63, 3.8) is 0 Å². The van der Waals surface area contributed by atoms with Crippen LogP contribution in [-0.2, 0) is 4.79 Å². The summed E-state index contributed by atoms with van der Waals surface area (Å²) in [5, 5.41) is 9.14. The zero-order chi connectivity index (χ0) is 18.8. The maximum absolute atomic E-state index is 14.6. The van der Waals surface area contributed by atoms with Crippen LogP contribution < -0.4 is 0 Å². The molecular formula is C20H19F2NO3. The molecule has 2 aromatic rings. The van der Waals surface area contributed by atoms with Gasteiger partial charge in [-0.25, -0.2) is 8.78 Å². The van der Waals surface area contributed by atoms with Crippen molar-refractivity contribution in [3.05, 3.63) is 59.2 Å². The maximum Gasteiger partial charge on any atom is 0.308 e. The number of halogens is 2. The van der Waals surface area contributed by atoms with Crippen LogP contribution in [0.25, 0.3) is 11.1 Å². The highest BCUT2D eigenvalue weighted by Gasteiger charge is 2.29. The summed E-state index contributed by atoms with van der Waals surface area (Å²) >= 11 is 0. The van der Waals surface area contributed by atoms with Gasteiger partial charge in [-0.1, -0.05) is 12.1 Å². The van der Waals surface area contributed by atoms with Crippen LogP contribution in [0.5, 0.6) is 0 Å². The summed E-state index contributed by atoms with van der Waals surface area (Å²) in [6.45, 7) is 2.29. The summed E-state index contributed by atoms with van der Waals surface area (Å²) in [7, 11) is 0. The Balaban J connectivity index is 1.85. The van der Waals surface area contributed by atoms with Gasteiger partial charge in [0, 0.05) is 24.2 Å². The second kappa shape index (κ2) is 7.23. The maximum atomic E-state index is 14.6. The lowest BCUT2D eigenvalue weighted by Gasteiger charge is -2.30. The van der Waals surface area contributed by atoms with Crippen molar-refractivity contribution in [2.45, 2.75) is 19.8 Å². The van der Waals surface area contributed by atoms with Gasteiger partial charge in [0.2, 0.25) is 0 Å². The van der Waals surface area contributed by atoms with Crippen molar-refractivity contribution in [1.82, 2.24) is 4.90 Å². The van der Waals surface area contributed by atoms with Crippen molar-refractivity contribution in [2.24, 2.45) is 5.92 Å². The van der Waals surface area contributed by atoms with Gasteiger partial charge in [0.1, 0.15) is 11.6 Å². The van der Waals surface area contributed by atoms with Crippen LogP contribution >= 0.6 is 0 Å². The first-order valence-corrected chi connectivity index (χ1v) is 8.45. The Hall–Kier alpha value is -2.76. The number of rotatable bonds is 3. The van der Waals surface area contributed by atoms with Gasteiger partial charge in [-0.3, -0.25) is 9.59 Å². The average molecular weight is 359 g/mol. The number of carbonyl (C=O) groups excluding carboxylic acids is 1. The van der Waals surface area contributed by atoms with Crippen LogP contribution in [0, 0.1) is 24.5 Å². The molecule has 1 amide bonds. The van der Waals surface area contributed by atoms with E-state index in [-0.39, 0.29) is 18.0 Å². The summed E-state index contributed by atoms with van der Waals surface area (Å²) in [5.74, 6) is -2.85. The second-order valence-electron chi connectivity index (χ2n) is 6.58. The number of hydrogen-bond acceptors (Lipinski definition) is 2. The Morgan fingerprint density at radius 3 is 2.50 bits per heavy atom. The molecule has 1 N–H and O–H groups in total. The number of likely N-dealkylation sites (tertiary alicyclic amines) is 1. The molecule has 1 heterocycles. The fourth-order valence-corrected chi connectivity index (χ4v) is 3.34. The highest BCUT2D eigenvalue weighted by molar-refractivity contribution is 5.95. The molecule has 1 fully saturated rings. The SMILES string of the molecule is Cc1cc(F)ccc1-c1ccc(C(=O)N2CCCC(C(=O)O)C2)cc1F. The molecule has 0 saturated carbocycles. The van der Waals surface area contributed by atoms with Gasteiger partial charge in [-0.15, -0.1) is 0 Å². The summed E-state index contributed by atoms with van der Waals surface area (Å²) in [4.78, 5) is 25.2. The van der Waals surface area contributed by atoms with E-state index in [0.717, 1.165) is 6.07 Å². The number of benzene rings is 2. The molecule has 26 heavy (non-hydrogen) atoms. The van der Waals surface area contributed by atoms with Gasteiger partial charge in [0.25, 0.3) is 5.91 Å². The lowest BCUT2D eigenvalue weighted by Crippen LogP contribution is -2.42. The van der Waals surface area contributed by atoms with Gasteiger partial charge < -0.3 is 10.0 Å². The highest BCUT2D eigenvalue weighted by Crippen LogP contribution is 2.28. The predicted octanol–water partition coefficient (Wildman–Crippen LogP) is 3.88. The molecule has 0 radical (unpaired) electrons. The highest BCUT2D eigenvalue weighted by atomic mass is 19.1. The zero-order valence-corrected chi connectivity index (χ0v) is 14.3. The van der Waals surface area contributed by atoms with Gasteiger partial charge in [-0.05, 0) is 55.2 Å². The molecule has 6 heteroatoms. The minimum Gasteiger partial charge on any atom is -0.481 e. The molecular weight excluding hydrogens is 340 g/mol. The predicted molar refractivity (Wildman–Crippen MR) is 92.8 cm³/mol. The number of carboxylic acid groups (broad SMARTS) is 1. The summed E-state index contributed by atoms with van der Waals surface area (Å²) < 4.78 is 27.8. The Labute approximate surface area is 150 Å². The molecule has 4 nitrogen and oxygen atoms in total. The number of carboxylic acids is 1. The minimum absolute atomic E-state index is 0.134. The molecule has 1 aliphatic rings. The zero-order valence-electron chi connectivity index (χ0n) is 14.3. The van der Waals surface area contributed by atoms with Crippen LogP contribution in [0.2, 0.25) is 0 Å². The number of piperidine rings is 1. The molecule has 0 spiro atoms. The minimum atomic E-state index is -0.921. The number of hydrogen-bond donors (Lipinski definition) is 1. The monoisotopic (exact) mass is 359 g/mol. The van der Waals surface area contributed by atoms with Gasteiger partial charge >= 0.3 is 5.97 Å². The van der Waals surface area contributed by atoms with E-state index in [4.69, 9.17) is 5.11 Å². The number of aliphatic carboxylic acids is 1. The van der Waals surface area contributed by atoms with Crippen molar-refractivity contribution < 1.29 is 23.5 Å². The molecule has 136 valence electrons. The first-order chi connectivity index (χ1) is 12.4. The normalized spacial score (nSPS) is 17.2. The van der Waals surface area contributed by atoms with Crippen molar-refractivity contribution in [3.8, 4) is 11.1 Å².